The van der Waals surface area contributed by atoms with Gasteiger partial charge < -0.3 is 24.4 Å². The first-order chi connectivity index (χ1) is 14.5. The number of methoxy groups -OCH3 is 3. The minimum Gasteiger partial charge on any atom is -0.493 e. The maximum absolute atomic E-state index is 13.0. The molecule has 2 aromatic rings. The van der Waals surface area contributed by atoms with Gasteiger partial charge in [0.1, 0.15) is 0 Å². The number of hydrogen-bond donors (Lipinski definition) is 1. The van der Waals surface area contributed by atoms with E-state index in [1.807, 2.05) is 0 Å². The van der Waals surface area contributed by atoms with Crippen LogP contribution in [0.1, 0.15) is 23.2 Å². The highest BCUT2D eigenvalue weighted by molar-refractivity contribution is 6.30. The summed E-state index contributed by atoms with van der Waals surface area (Å²) in [6.07, 6.45) is 1.17. The van der Waals surface area contributed by atoms with Gasteiger partial charge in [-0.3, -0.25) is 9.59 Å². The fourth-order valence-corrected chi connectivity index (χ4v) is 3.73. The van der Waals surface area contributed by atoms with Crippen molar-refractivity contribution in [2.24, 2.45) is 5.92 Å². The van der Waals surface area contributed by atoms with E-state index in [4.69, 9.17) is 25.8 Å². The van der Waals surface area contributed by atoms with Crippen LogP contribution in [0.3, 0.4) is 0 Å². The first-order valence-corrected chi connectivity index (χ1v) is 10.00. The molecular formula is C22H25ClN2O5. The Morgan fingerprint density at radius 3 is 2.17 bits per heavy atom. The number of benzene rings is 2. The van der Waals surface area contributed by atoms with Crippen LogP contribution in [0.5, 0.6) is 17.2 Å². The molecule has 0 aliphatic carbocycles. The summed E-state index contributed by atoms with van der Waals surface area (Å²) < 4.78 is 16.0. The molecule has 3 rings (SSSR count). The number of hydrogen-bond acceptors (Lipinski definition) is 5. The fourth-order valence-electron chi connectivity index (χ4n) is 3.54. The van der Waals surface area contributed by atoms with Crippen LogP contribution in [0.4, 0.5) is 5.69 Å². The topological polar surface area (TPSA) is 77.1 Å². The summed E-state index contributed by atoms with van der Waals surface area (Å²) in [6, 6.07) is 10.3. The highest BCUT2D eigenvalue weighted by atomic mass is 35.5. The lowest BCUT2D eigenvalue weighted by Crippen LogP contribution is -2.41. The molecule has 8 heteroatoms. The molecule has 0 bridgehead atoms. The average Bonchev–Trinajstić information content (AvgIpc) is 2.77. The average molecular weight is 433 g/mol. The van der Waals surface area contributed by atoms with Crippen molar-refractivity contribution < 1.29 is 23.8 Å². The summed E-state index contributed by atoms with van der Waals surface area (Å²) in [5.41, 5.74) is 1.12. The van der Waals surface area contributed by atoms with Gasteiger partial charge in [-0.05, 0) is 43.2 Å². The van der Waals surface area contributed by atoms with Gasteiger partial charge >= 0.3 is 0 Å². The molecule has 1 saturated heterocycles. The van der Waals surface area contributed by atoms with Crippen LogP contribution in [0.25, 0.3) is 0 Å². The Bertz CT molecular complexity index is 900. The van der Waals surface area contributed by atoms with Gasteiger partial charge in [0.2, 0.25) is 11.7 Å². The minimum atomic E-state index is -0.159. The van der Waals surface area contributed by atoms with Crippen molar-refractivity contribution in [2.75, 3.05) is 39.7 Å². The molecule has 1 aliphatic rings. The molecule has 2 aromatic carbocycles. The molecule has 2 amide bonds. The van der Waals surface area contributed by atoms with Gasteiger partial charge in [0.25, 0.3) is 5.91 Å². The number of carbonyl (C=O) groups is 2. The van der Waals surface area contributed by atoms with Crippen molar-refractivity contribution in [1.82, 2.24) is 4.90 Å². The predicted octanol–water partition coefficient (Wildman–Crippen LogP) is 3.86. The summed E-state index contributed by atoms with van der Waals surface area (Å²) in [5, 5.41) is 3.47. The SMILES string of the molecule is COc1cc(C(=O)N2CCC(C(=O)Nc3cccc(Cl)c3)CC2)cc(OC)c1OC. The summed E-state index contributed by atoms with van der Waals surface area (Å²) in [4.78, 5) is 27.3. The smallest absolute Gasteiger partial charge is 0.254 e. The van der Waals surface area contributed by atoms with Crippen LogP contribution in [0.15, 0.2) is 36.4 Å². The molecule has 0 aromatic heterocycles. The fraction of sp³-hybridized carbons (Fsp3) is 0.364. The summed E-state index contributed by atoms with van der Waals surface area (Å²) in [5.74, 6) is 0.938. The van der Waals surface area contributed by atoms with Gasteiger partial charge in [-0.15, -0.1) is 0 Å². The molecule has 0 unspecified atom stereocenters. The van der Waals surface area contributed by atoms with Crippen molar-refractivity contribution >= 4 is 29.1 Å². The number of rotatable bonds is 6. The summed E-state index contributed by atoms with van der Waals surface area (Å²) >= 11 is 5.97. The second-order valence-electron chi connectivity index (χ2n) is 6.98. The second kappa shape index (κ2) is 9.71. The number of halogens is 1. The Kier molecular flexibility index (Phi) is 7.05. The molecule has 0 saturated carbocycles. The number of piperidine rings is 1. The standard InChI is InChI=1S/C22H25ClN2O5/c1-28-18-11-15(12-19(29-2)20(18)30-3)22(27)25-9-7-14(8-10-25)21(26)24-17-6-4-5-16(23)13-17/h4-6,11-14H,7-10H2,1-3H3,(H,24,26). The first kappa shape index (κ1) is 21.8. The highest BCUT2D eigenvalue weighted by Gasteiger charge is 2.29. The number of ether oxygens (including phenoxy) is 3. The Hall–Kier alpha value is -2.93. The largest absolute Gasteiger partial charge is 0.493 e. The Morgan fingerprint density at radius 2 is 1.63 bits per heavy atom. The third-order valence-corrected chi connectivity index (χ3v) is 5.39. The number of nitrogens with zero attached hydrogens (tertiary/aromatic N) is 1. The van der Waals surface area contributed by atoms with E-state index in [-0.39, 0.29) is 17.7 Å². The third kappa shape index (κ3) is 4.79. The van der Waals surface area contributed by atoms with E-state index < -0.39 is 0 Å². The van der Waals surface area contributed by atoms with Crippen LogP contribution in [0.2, 0.25) is 5.02 Å². The molecule has 1 aliphatic heterocycles. The van der Waals surface area contributed by atoms with E-state index >= 15 is 0 Å². The molecular weight excluding hydrogens is 408 g/mol. The first-order valence-electron chi connectivity index (χ1n) is 9.62. The quantitative estimate of drug-likeness (QED) is 0.750. The van der Waals surface area contributed by atoms with E-state index in [2.05, 4.69) is 5.32 Å². The van der Waals surface area contributed by atoms with E-state index in [1.165, 1.54) is 21.3 Å². The minimum absolute atomic E-state index is 0.0582. The molecule has 30 heavy (non-hydrogen) atoms. The zero-order valence-corrected chi connectivity index (χ0v) is 18.0. The van der Waals surface area contributed by atoms with Gasteiger partial charge in [0.05, 0.1) is 21.3 Å². The van der Waals surface area contributed by atoms with E-state index in [9.17, 15) is 9.59 Å². The number of anilines is 1. The van der Waals surface area contributed by atoms with Crippen molar-refractivity contribution in [3.8, 4) is 17.2 Å². The molecule has 0 radical (unpaired) electrons. The maximum Gasteiger partial charge on any atom is 0.254 e. The van der Waals surface area contributed by atoms with Crippen molar-refractivity contribution in [1.29, 1.82) is 0 Å². The molecule has 1 fully saturated rings. The number of nitrogens with one attached hydrogen (secondary N) is 1. The molecule has 160 valence electrons. The van der Waals surface area contributed by atoms with Crippen LogP contribution >= 0.6 is 11.6 Å². The monoisotopic (exact) mass is 432 g/mol. The number of amides is 2. The van der Waals surface area contributed by atoms with E-state index in [0.29, 0.717) is 59.5 Å². The van der Waals surface area contributed by atoms with Gasteiger partial charge in [-0.1, -0.05) is 17.7 Å². The van der Waals surface area contributed by atoms with Gasteiger partial charge in [-0.25, -0.2) is 0 Å². The van der Waals surface area contributed by atoms with Gasteiger partial charge in [-0.2, -0.15) is 0 Å². The highest BCUT2D eigenvalue weighted by Crippen LogP contribution is 2.38. The van der Waals surface area contributed by atoms with E-state index in [0.717, 1.165) is 0 Å². The van der Waals surface area contributed by atoms with Crippen molar-refractivity contribution in [2.45, 2.75) is 12.8 Å². The zero-order valence-electron chi connectivity index (χ0n) is 17.2. The Labute approximate surface area is 180 Å². The number of carbonyl (C=O) groups excluding carboxylic acids is 2. The van der Waals surface area contributed by atoms with E-state index in [1.54, 1.807) is 41.3 Å². The molecule has 0 spiro atoms. The molecule has 7 nitrogen and oxygen atoms in total. The Morgan fingerprint density at radius 1 is 1.00 bits per heavy atom. The lowest BCUT2D eigenvalue weighted by Gasteiger charge is -2.31. The van der Waals surface area contributed by atoms with Crippen LogP contribution in [-0.4, -0.2) is 51.1 Å². The van der Waals surface area contributed by atoms with Crippen LogP contribution < -0.4 is 19.5 Å². The van der Waals surface area contributed by atoms with Crippen molar-refractivity contribution in [3.05, 3.63) is 47.0 Å². The zero-order chi connectivity index (χ0) is 21.7. The summed E-state index contributed by atoms with van der Waals surface area (Å²) in [7, 11) is 4.53. The predicted molar refractivity (Wildman–Crippen MR) is 115 cm³/mol. The van der Waals surface area contributed by atoms with Crippen LogP contribution in [-0.2, 0) is 4.79 Å². The summed E-state index contributed by atoms with van der Waals surface area (Å²) in [6.45, 7) is 0.978. The van der Waals surface area contributed by atoms with Crippen molar-refractivity contribution in [3.63, 3.8) is 0 Å². The number of likely N-dealkylation sites (tertiary alicyclic amines) is 1. The second-order valence-corrected chi connectivity index (χ2v) is 7.42. The van der Waals surface area contributed by atoms with Gasteiger partial charge in [0.15, 0.2) is 11.5 Å². The normalized spacial score (nSPS) is 14.2. The molecule has 1 heterocycles. The molecule has 0 atom stereocenters. The molecule has 1 N–H and O–H groups in total. The Balaban J connectivity index is 1.64. The van der Waals surface area contributed by atoms with Gasteiger partial charge in [0, 0.05) is 35.3 Å². The lowest BCUT2D eigenvalue weighted by molar-refractivity contribution is -0.121. The van der Waals surface area contributed by atoms with Crippen LogP contribution in [0, 0.1) is 5.92 Å². The maximum atomic E-state index is 13.0. The lowest BCUT2D eigenvalue weighted by atomic mass is 9.95. The third-order valence-electron chi connectivity index (χ3n) is 5.16.